The minimum atomic E-state index is -1.03. The Bertz CT molecular complexity index is 1730. The smallest absolute Gasteiger partial charge is 0.319 e. The minimum Gasteiger partial charge on any atom is -0.462 e. The molecular formula is C28H27ClF3N7O2S. The molecule has 2 N–H and O–H groups in total. The van der Waals surface area contributed by atoms with Crippen LogP contribution in [0.2, 0.25) is 5.02 Å². The standard InChI is InChI=1S/C28H27ClF3N7O2S/c1-14(30)26(40)39-10-8-38(9-11-39)25-17-12-18(29)20(16-5-6-19(31)24-23(16)34-27(33)42-24)21(32)22(17)35-28(36-25)41-13-15-4-3-7-37(15)2/h5-6,12,15H,1,3-4,7-11,13H2,2H3,(H2,33,34)/t15-/m0/s1. The number of thiazole rings is 1. The molecule has 220 valence electrons. The van der Waals surface area contributed by atoms with Gasteiger partial charge in [-0.3, -0.25) is 4.79 Å². The summed E-state index contributed by atoms with van der Waals surface area (Å²) in [6.07, 6.45) is 2.00. The van der Waals surface area contributed by atoms with E-state index < -0.39 is 23.4 Å². The van der Waals surface area contributed by atoms with Crippen molar-refractivity contribution in [2.45, 2.75) is 18.9 Å². The topological polar surface area (TPSA) is 101 Å². The Balaban J connectivity index is 1.45. The molecule has 14 heteroatoms. The molecular weight excluding hydrogens is 591 g/mol. The number of rotatable bonds is 6. The van der Waals surface area contributed by atoms with Gasteiger partial charge >= 0.3 is 6.01 Å². The van der Waals surface area contributed by atoms with Gasteiger partial charge in [0.15, 0.2) is 16.8 Å². The number of hydrogen-bond acceptors (Lipinski definition) is 9. The fourth-order valence-corrected chi connectivity index (χ4v) is 6.62. The highest BCUT2D eigenvalue weighted by Crippen LogP contribution is 2.42. The van der Waals surface area contributed by atoms with E-state index in [0.29, 0.717) is 30.9 Å². The van der Waals surface area contributed by atoms with Crippen LogP contribution in [0.15, 0.2) is 30.6 Å². The molecule has 2 saturated heterocycles. The predicted molar refractivity (Wildman–Crippen MR) is 158 cm³/mol. The lowest BCUT2D eigenvalue weighted by molar-refractivity contribution is -0.128. The number of likely N-dealkylation sites (tertiary alicyclic amines) is 1. The van der Waals surface area contributed by atoms with Crippen molar-refractivity contribution in [3.05, 3.63) is 47.3 Å². The van der Waals surface area contributed by atoms with Crippen LogP contribution in [0.25, 0.3) is 32.2 Å². The van der Waals surface area contributed by atoms with Crippen LogP contribution in [-0.2, 0) is 4.79 Å². The van der Waals surface area contributed by atoms with Crippen molar-refractivity contribution in [2.24, 2.45) is 0 Å². The summed E-state index contributed by atoms with van der Waals surface area (Å²) in [6.45, 7) is 5.39. The van der Waals surface area contributed by atoms with Crippen LogP contribution >= 0.6 is 22.9 Å². The number of nitrogens with zero attached hydrogens (tertiary/aromatic N) is 6. The maximum Gasteiger partial charge on any atom is 0.319 e. The molecule has 1 amide bonds. The second-order valence-corrected chi connectivity index (χ2v) is 11.8. The van der Waals surface area contributed by atoms with Gasteiger partial charge in [-0.15, -0.1) is 0 Å². The summed E-state index contributed by atoms with van der Waals surface area (Å²) < 4.78 is 50.7. The molecule has 2 aliphatic heterocycles. The summed E-state index contributed by atoms with van der Waals surface area (Å²) >= 11 is 7.66. The van der Waals surface area contributed by atoms with E-state index in [1.54, 1.807) is 6.07 Å². The number of amides is 1. The third kappa shape index (κ3) is 5.09. The van der Waals surface area contributed by atoms with Gasteiger partial charge in [0, 0.05) is 48.7 Å². The van der Waals surface area contributed by atoms with Gasteiger partial charge in [0.25, 0.3) is 5.91 Å². The first kappa shape index (κ1) is 28.4. The summed E-state index contributed by atoms with van der Waals surface area (Å²) in [4.78, 5) is 30.8. The van der Waals surface area contributed by atoms with Crippen LogP contribution in [0.3, 0.4) is 0 Å². The zero-order valence-corrected chi connectivity index (χ0v) is 24.2. The van der Waals surface area contributed by atoms with E-state index in [1.165, 1.54) is 17.0 Å². The molecule has 0 bridgehead atoms. The van der Waals surface area contributed by atoms with Gasteiger partial charge in [-0.2, -0.15) is 9.97 Å². The van der Waals surface area contributed by atoms with Crippen LogP contribution in [-0.4, -0.2) is 83.1 Å². The average Bonchev–Trinajstić information content (AvgIpc) is 3.57. The molecule has 6 rings (SSSR count). The molecule has 0 radical (unpaired) electrons. The number of ether oxygens (including phenoxy) is 1. The molecule has 42 heavy (non-hydrogen) atoms. The number of likely N-dealkylation sites (N-methyl/N-ethyl adjacent to an activating group) is 1. The summed E-state index contributed by atoms with van der Waals surface area (Å²) in [5.74, 6) is -2.69. The van der Waals surface area contributed by atoms with Gasteiger partial charge < -0.3 is 25.2 Å². The molecule has 4 aromatic rings. The van der Waals surface area contributed by atoms with Gasteiger partial charge in [0.05, 0.1) is 15.2 Å². The number of aromatic nitrogens is 3. The van der Waals surface area contributed by atoms with Crippen molar-refractivity contribution in [3.8, 4) is 17.1 Å². The van der Waals surface area contributed by atoms with Gasteiger partial charge in [0.1, 0.15) is 23.8 Å². The van der Waals surface area contributed by atoms with E-state index >= 15 is 4.39 Å². The van der Waals surface area contributed by atoms with E-state index in [-0.39, 0.29) is 62.2 Å². The third-order valence-corrected chi connectivity index (χ3v) is 8.99. The van der Waals surface area contributed by atoms with Gasteiger partial charge in [-0.05, 0) is 44.6 Å². The lowest BCUT2D eigenvalue weighted by Gasteiger charge is -2.35. The van der Waals surface area contributed by atoms with E-state index in [0.717, 1.165) is 30.7 Å². The van der Waals surface area contributed by atoms with Crippen molar-refractivity contribution in [1.82, 2.24) is 24.8 Å². The molecule has 9 nitrogen and oxygen atoms in total. The van der Waals surface area contributed by atoms with Gasteiger partial charge in [-0.25, -0.2) is 18.2 Å². The van der Waals surface area contributed by atoms with E-state index in [4.69, 9.17) is 22.1 Å². The molecule has 2 aromatic heterocycles. The Morgan fingerprint density at radius 1 is 1.17 bits per heavy atom. The molecule has 2 fully saturated rings. The number of carbonyl (C=O) groups excluding carboxylic acids is 1. The number of nitrogen functional groups attached to an aromatic ring is 1. The van der Waals surface area contributed by atoms with E-state index in [9.17, 15) is 13.6 Å². The zero-order chi connectivity index (χ0) is 29.7. The highest BCUT2D eigenvalue weighted by Gasteiger charge is 2.29. The Morgan fingerprint density at radius 3 is 2.62 bits per heavy atom. The van der Waals surface area contributed by atoms with Crippen molar-refractivity contribution in [1.29, 1.82) is 0 Å². The average molecular weight is 618 g/mol. The van der Waals surface area contributed by atoms with Crippen LogP contribution in [0.4, 0.5) is 24.1 Å². The van der Waals surface area contributed by atoms with Crippen LogP contribution < -0.4 is 15.4 Å². The molecule has 2 aromatic carbocycles. The van der Waals surface area contributed by atoms with Crippen molar-refractivity contribution in [3.63, 3.8) is 0 Å². The number of benzene rings is 2. The summed E-state index contributed by atoms with van der Waals surface area (Å²) in [7, 11) is 2.02. The number of halogens is 4. The Morgan fingerprint density at radius 2 is 1.93 bits per heavy atom. The lowest BCUT2D eigenvalue weighted by Crippen LogP contribution is -2.49. The number of hydrogen-bond donors (Lipinski definition) is 1. The summed E-state index contributed by atoms with van der Waals surface area (Å²) in [5, 5.41) is 0.519. The normalized spacial score (nSPS) is 17.9. The molecule has 4 heterocycles. The maximum absolute atomic E-state index is 16.5. The van der Waals surface area contributed by atoms with Crippen molar-refractivity contribution < 1.29 is 22.7 Å². The first-order chi connectivity index (χ1) is 20.1. The lowest BCUT2D eigenvalue weighted by atomic mass is 10.0. The Labute approximate surface area is 248 Å². The van der Waals surface area contributed by atoms with Crippen LogP contribution in [0, 0.1) is 11.6 Å². The zero-order valence-electron chi connectivity index (χ0n) is 22.7. The maximum atomic E-state index is 16.5. The third-order valence-electron chi connectivity index (χ3n) is 7.80. The largest absolute Gasteiger partial charge is 0.462 e. The molecule has 2 aliphatic rings. The summed E-state index contributed by atoms with van der Waals surface area (Å²) in [6, 6.07) is 4.36. The quantitative estimate of drug-likeness (QED) is 0.301. The van der Waals surface area contributed by atoms with Gasteiger partial charge in [-0.1, -0.05) is 29.5 Å². The Kier molecular flexibility index (Phi) is 7.58. The monoisotopic (exact) mass is 617 g/mol. The van der Waals surface area contributed by atoms with Gasteiger partial charge in [0.2, 0.25) is 0 Å². The predicted octanol–water partition coefficient (Wildman–Crippen LogP) is 5.03. The van der Waals surface area contributed by atoms with Crippen molar-refractivity contribution >= 4 is 60.9 Å². The highest BCUT2D eigenvalue weighted by molar-refractivity contribution is 7.22. The van der Waals surface area contributed by atoms with Crippen molar-refractivity contribution in [2.75, 3.05) is 57.0 Å². The summed E-state index contributed by atoms with van der Waals surface area (Å²) in [5.41, 5.74) is 6.29. The van der Waals surface area contributed by atoms with Crippen LogP contribution in [0.1, 0.15) is 12.8 Å². The fraction of sp³-hybridized carbons (Fsp3) is 0.357. The molecule has 0 saturated carbocycles. The van der Waals surface area contributed by atoms with E-state index in [2.05, 4.69) is 26.4 Å². The first-order valence-electron chi connectivity index (χ1n) is 13.4. The second-order valence-electron chi connectivity index (χ2n) is 10.4. The Hall–Kier alpha value is -3.68. The number of anilines is 2. The highest BCUT2D eigenvalue weighted by atomic mass is 35.5. The SMILES string of the molecule is C=C(F)C(=O)N1CCN(c2nc(OC[C@@H]3CCCN3C)nc3c(F)c(-c4ccc(F)c5sc(N)nc45)c(Cl)cc23)CC1. The molecule has 0 aliphatic carbocycles. The van der Waals surface area contributed by atoms with Crippen LogP contribution in [0.5, 0.6) is 6.01 Å². The first-order valence-corrected chi connectivity index (χ1v) is 14.6. The molecule has 1 atom stereocenters. The molecule has 0 unspecified atom stereocenters. The number of carbonyl (C=O) groups is 1. The fourth-order valence-electron chi connectivity index (χ4n) is 5.56. The number of fused-ring (bicyclic) bond motifs is 2. The van der Waals surface area contributed by atoms with E-state index in [1.807, 2.05) is 11.9 Å². The second kappa shape index (κ2) is 11.2. The number of nitrogens with two attached hydrogens (primary N) is 1. The molecule has 0 spiro atoms. The number of piperazine rings is 1. The minimum absolute atomic E-state index is 0.00228.